The number of nitrogen functional groups attached to an aromatic ring is 1. The van der Waals surface area contributed by atoms with Crippen LogP contribution in [-0.2, 0) is 6.54 Å². The van der Waals surface area contributed by atoms with Crippen LogP contribution >= 0.6 is 23.4 Å². The predicted molar refractivity (Wildman–Crippen MR) is 113 cm³/mol. The van der Waals surface area contributed by atoms with Crippen LogP contribution in [-0.4, -0.2) is 30.1 Å². The summed E-state index contributed by atoms with van der Waals surface area (Å²) in [6.45, 7) is 0.336. The molecule has 4 aromatic rings. The molecule has 0 aliphatic rings. The first-order valence-corrected chi connectivity index (χ1v) is 10.2. The molecule has 2 aromatic carbocycles. The number of aryl methyl sites for hydroxylation is 1. The molecule has 0 amide bonds. The van der Waals surface area contributed by atoms with Gasteiger partial charge in [-0.05, 0) is 36.8 Å². The average Bonchev–Trinajstić information content (AvgIpc) is 3.24. The van der Waals surface area contributed by atoms with Crippen LogP contribution in [0.1, 0.15) is 6.42 Å². The van der Waals surface area contributed by atoms with Gasteiger partial charge in [0.05, 0.1) is 10.4 Å². The SMILES string of the molecule is Nn1c(SCCCn2c(=O)oc3ccc([N+](=O)[O-])cc32)nnc1-c1ccc(Cl)cc1. The van der Waals surface area contributed by atoms with Crippen molar-refractivity contribution < 1.29 is 9.34 Å². The standard InChI is InChI=1S/C18H15ClN6O4S/c19-12-4-2-11(3-5-12)16-21-22-17(24(16)20)30-9-1-8-23-14-10-13(25(27)28)6-7-15(14)29-18(23)26/h2-7,10H,1,8-9,20H2. The zero-order valence-electron chi connectivity index (χ0n) is 15.4. The van der Waals surface area contributed by atoms with Gasteiger partial charge in [0.2, 0.25) is 5.16 Å². The largest absolute Gasteiger partial charge is 0.419 e. The van der Waals surface area contributed by atoms with Gasteiger partial charge in [-0.25, -0.2) is 9.47 Å². The van der Waals surface area contributed by atoms with E-state index in [4.69, 9.17) is 21.9 Å². The third-order valence-electron chi connectivity index (χ3n) is 4.39. The maximum Gasteiger partial charge on any atom is 0.419 e. The average molecular weight is 447 g/mol. The fourth-order valence-electron chi connectivity index (χ4n) is 2.93. The molecule has 0 unspecified atom stereocenters. The first-order valence-electron chi connectivity index (χ1n) is 8.81. The van der Waals surface area contributed by atoms with Gasteiger partial charge in [-0.2, -0.15) is 0 Å². The van der Waals surface area contributed by atoms with E-state index in [-0.39, 0.29) is 5.69 Å². The van der Waals surface area contributed by atoms with Crippen LogP contribution < -0.4 is 11.6 Å². The summed E-state index contributed by atoms with van der Waals surface area (Å²) in [6.07, 6.45) is 0.588. The van der Waals surface area contributed by atoms with Crippen molar-refractivity contribution >= 4 is 40.1 Å². The fourth-order valence-corrected chi connectivity index (χ4v) is 3.84. The zero-order chi connectivity index (χ0) is 21.3. The zero-order valence-corrected chi connectivity index (χ0v) is 17.0. The van der Waals surface area contributed by atoms with E-state index in [1.165, 1.54) is 39.2 Å². The molecule has 0 aliphatic carbocycles. The Morgan fingerprint density at radius 2 is 1.97 bits per heavy atom. The second-order valence-corrected chi connectivity index (χ2v) is 7.81. The number of oxazole rings is 1. The molecule has 0 aliphatic heterocycles. The highest BCUT2D eigenvalue weighted by atomic mass is 35.5. The van der Waals surface area contributed by atoms with Crippen LogP contribution in [0.4, 0.5) is 5.69 Å². The molecule has 2 aromatic heterocycles. The topological polar surface area (TPSA) is 135 Å². The lowest BCUT2D eigenvalue weighted by molar-refractivity contribution is -0.384. The maximum absolute atomic E-state index is 12.1. The van der Waals surface area contributed by atoms with Gasteiger partial charge in [0.1, 0.15) is 0 Å². The molecule has 0 saturated heterocycles. The number of fused-ring (bicyclic) bond motifs is 1. The lowest BCUT2D eigenvalue weighted by atomic mass is 10.2. The molecule has 2 heterocycles. The number of aromatic nitrogens is 4. The van der Waals surface area contributed by atoms with E-state index in [9.17, 15) is 14.9 Å². The van der Waals surface area contributed by atoms with E-state index in [0.717, 1.165) is 5.56 Å². The third-order valence-corrected chi connectivity index (χ3v) is 5.67. The number of nitro benzene ring substituents is 1. The van der Waals surface area contributed by atoms with E-state index in [1.807, 2.05) is 0 Å². The highest BCUT2D eigenvalue weighted by Crippen LogP contribution is 2.24. The fraction of sp³-hybridized carbons (Fsp3) is 0.167. The summed E-state index contributed by atoms with van der Waals surface area (Å²) in [4.78, 5) is 22.6. The molecule has 154 valence electrons. The molecule has 0 bridgehead atoms. The van der Waals surface area contributed by atoms with Gasteiger partial charge in [0.15, 0.2) is 11.4 Å². The van der Waals surface area contributed by atoms with Crippen molar-refractivity contribution in [1.29, 1.82) is 0 Å². The Kier molecular flexibility index (Phi) is 5.46. The van der Waals surface area contributed by atoms with Crippen molar-refractivity contribution in [3.05, 3.63) is 68.2 Å². The van der Waals surface area contributed by atoms with Gasteiger partial charge >= 0.3 is 5.76 Å². The number of halogens is 1. The number of thioether (sulfide) groups is 1. The van der Waals surface area contributed by atoms with Crippen molar-refractivity contribution in [3.63, 3.8) is 0 Å². The Morgan fingerprint density at radius 1 is 1.20 bits per heavy atom. The highest BCUT2D eigenvalue weighted by Gasteiger charge is 2.15. The molecule has 0 spiro atoms. The van der Waals surface area contributed by atoms with Gasteiger partial charge in [-0.3, -0.25) is 14.7 Å². The van der Waals surface area contributed by atoms with E-state index in [0.29, 0.717) is 45.8 Å². The van der Waals surface area contributed by atoms with Gasteiger partial charge in [-0.15, -0.1) is 10.2 Å². The molecule has 30 heavy (non-hydrogen) atoms. The molecule has 10 nitrogen and oxygen atoms in total. The lowest BCUT2D eigenvalue weighted by Crippen LogP contribution is -2.15. The number of benzene rings is 2. The minimum Gasteiger partial charge on any atom is -0.408 e. The summed E-state index contributed by atoms with van der Waals surface area (Å²) in [5.41, 5.74) is 1.40. The minimum absolute atomic E-state index is 0.0996. The molecule has 0 saturated carbocycles. The van der Waals surface area contributed by atoms with Crippen molar-refractivity contribution in [2.24, 2.45) is 0 Å². The Morgan fingerprint density at radius 3 is 2.70 bits per heavy atom. The molecular formula is C18H15ClN6O4S. The monoisotopic (exact) mass is 446 g/mol. The molecule has 0 atom stereocenters. The summed E-state index contributed by atoms with van der Waals surface area (Å²) < 4.78 is 7.93. The van der Waals surface area contributed by atoms with Crippen LogP contribution in [0.25, 0.3) is 22.5 Å². The summed E-state index contributed by atoms with van der Waals surface area (Å²) in [5.74, 6) is 6.66. The number of nitro groups is 1. The van der Waals surface area contributed by atoms with Gasteiger partial charge in [0, 0.05) is 35.0 Å². The second-order valence-electron chi connectivity index (χ2n) is 6.31. The molecule has 2 N–H and O–H groups in total. The Bertz CT molecular complexity index is 1280. The van der Waals surface area contributed by atoms with Gasteiger partial charge < -0.3 is 10.3 Å². The second kappa shape index (κ2) is 8.20. The van der Waals surface area contributed by atoms with Crippen LogP contribution in [0, 0.1) is 10.1 Å². The first kappa shape index (κ1) is 20.0. The highest BCUT2D eigenvalue weighted by molar-refractivity contribution is 7.99. The van der Waals surface area contributed by atoms with E-state index in [2.05, 4.69) is 10.2 Å². The third kappa shape index (κ3) is 3.89. The van der Waals surface area contributed by atoms with E-state index < -0.39 is 10.7 Å². The van der Waals surface area contributed by atoms with Crippen LogP contribution in [0.3, 0.4) is 0 Å². The Labute approximate surface area is 178 Å². The molecule has 4 rings (SSSR count). The number of non-ortho nitro benzene ring substituents is 1. The van der Waals surface area contributed by atoms with Crippen molar-refractivity contribution in [1.82, 2.24) is 19.4 Å². The number of hydrogen-bond donors (Lipinski definition) is 1. The van der Waals surface area contributed by atoms with Crippen LogP contribution in [0.5, 0.6) is 0 Å². The molecule has 0 radical (unpaired) electrons. The summed E-state index contributed by atoms with van der Waals surface area (Å²) in [6, 6.07) is 11.2. The summed E-state index contributed by atoms with van der Waals surface area (Å²) in [7, 11) is 0. The summed E-state index contributed by atoms with van der Waals surface area (Å²) in [5, 5.41) is 20.3. The van der Waals surface area contributed by atoms with E-state index >= 15 is 0 Å². The van der Waals surface area contributed by atoms with Crippen LogP contribution in [0.2, 0.25) is 5.02 Å². The minimum atomic E-state index is -0.553. The first-order chi connectivity index (χ1) is 14.4. The van der Waals surface area contributed by atoms with Crippen LogP contribution in [0.15, 0.2) is 56.8 Å². The van der Waals surface area contributed by atoms with E-state index in [1.54, 1.807) is 24.3 Å². The Balaban J connectivity index is 1.43. The summed E-state index contributed by atoms with van der Waals surface area (Å²) >= 11 is 7.29. The van der Waals surface area contributed by atoms with Crippen molar-refractivity contribution in [2.45, 2.75) is 18.1 Å². The molecule has 0 fully saturated rings. The number of nitrogens with two attached hydrogens (primary N) is 1. The quantitative estimate of drug-likeness (QED) is 0.150. The smallest absolute Gasteiger partial charge is 0.408 e. The van der Waals surface area contributed by atoms with Crippen molar-refractivity contribution in [2.75, 3.05) is 11.6 Å². The maximum atomic E-state index is 12.1. The Hall–Kier alpha value is -3.31. The number of rotatable bonds is 7. The lowest BCUT2D eigenvalue weighted by Gasteiger charge is -2.04. The van der Waals surface area contributed by atoms with Gasteiger partial charge in [0.25, 0.3) is 5.69 Å². The normalized spacial score (nSPS) is 11.2. The number of hydrogen-bond acceptors (Lipinski definition) is 8. The molecule has 12 heteroatoms. The van der Waals surface area contributed by atoms with Gasteiger partial charge in [-0.1, -0.05) is 23.4 Å². The number of nitrogens with zero attached hydrogens (tertiary/aromatic N) is 5. The van der Waals surface area contributed by atoms with Crippen molar-refractivity contribution in [3.8, 4) is 11.4 Å². The molecular weight excluding hydrogens is 432 g/mol. The predicted octanol–water partition coefficient (Wildman–Crippen LogP) is 3.31.